The van der Waals surface area contributed by atoms with E-state index in [0.717, 1.165) is 25.2 Å². The summed E-state index contributed by atoms with van der Waals surface area (Å²) in [4.78, 5) is 8.57. The second-order valence-electron chi connectivity index (χ2n) is 5.80. The lowest BCUT2D eigenvalue weighted by Gasteiger charge is -2.17. The van der Waals surface area contributed by atoms with Crippen LogP contribution in [0.5, 0.6) is 5.75 Å². The summed E-state index contributed by atoms with van der Waals surface area (Å²) in [6.07, 6.45) is 8.16. The van der Waals surface area contributed by atoms with Gasteiger partial charge in [-0.3, -0.25) is 0 Å². The number of hydrogen-bond acceptors (Lipinski definition) is 5. The third-order valence-corrected chi connectivity index (χ3v) is 4.16. The van der Waals surface area contributed by atoms with Crippen molar-refractivity contribution in [3.05, 3.63) is 59.8 Å². The molecule has 0 saturated carbocycles. The molecule has 1 atom stereocenters. The lowest BCUT2D eigenvalue weighted by atomic mass is 10.0. The van der Waals surface area contributed by atoms with Crippen molar-refractivity contribution in [3.63, 3.8) is 0 Å². The molecule has 0 radical (unpaired) electrons. The number of ether oxygens (including phenoxy) is 1. The van der Waals surface area contributed by atoms with Crippen molar-refractivity contribution in [2.75, 3.05) is 6.61 Å². The fourth-order valence-electron chi connectivity index (χ4n) is 2.84. The van der Waals surface area contributed by atoms with E-state index in [-0.39, 0.29) is 6.04 Å². The van der Waals surface area contributed by atoms with Gasteiger partial charge < -0.3 is 13.8 Å². The highest BCUT2D eigenvalue weighted by Gasteiger charge is 2.16. The molecule has 0 saturated heterocycles. The predicted octanol–water partition coefficient (Wildman–Crippen LogP) is 2.79. The maximum atomic E-state index is 5.65. The lowest BCUT2D eigenvalue weighted by molar-refractivity contribution is 0.288. The zero-order chi connectivity index (χ0) is 15.6. The van der Waals surface area contributed by atoms with E-state index in [4.69, 9.17) is 9.26 Å². The zero-order valence-corrected chi connectivity index (χ0v) is 13.0. The first-order chi connectivity index (χ1) is 11.3. The zero-order valence-electron chi connectivity index (χ0n) is 13.0. The highest BCUT2D eigenvalue weighted by atomic mass is 16.5. The molecule has 23 heavy (non-hydrogen) atoms. The van der Waals surface area contributed by atoms with Crippen molar-refractivity contribution >= 4 is 0 Å². The molecule has 0 aliphatic carbocycles. The van der Waals surface area contributed by atoms with Gasteiger partial charge in [-0.15, -0.1) is 0 Å². The second-order valence-corrected chi connectivity index (χ2v) is 5.80. The molecule has 1 unspecified atom stereocenters. The highest BCUT2D eigenvalue weighted by Crippen LogP contribution is 2.26. The Kier molecular flexibility index (Phi) is 3.57. The SMILES string of the molecule is CC(c1noc(Cc2ccc3c(c2)CCCO3)n1)n1ccnc1. The van der Waals surface area contributed by atoms with E-state index in [1.807, 2.05) is 23.8 Å². The van der Waals surface area contributed by atoms with E-state index in [9.17, 15) is 0 Å². The molecule has 4 rings (SSSR count). The van der Waals surface area contributed by atoms with Crippen LogP contribution in [0, 0.1) is 0 Å². The largest absolute Gasteiger partial charge is 0.493 e. The number of benzene rings is 1. The Labute approximate surface area is 134 Å². The van der Waals surface area contributed by atoms with Crippen LogP contribution in [0.15, 0.2) is 41.4 Å². The van der Waals surface area contributed by atoms with Crippen LogP contribution < -0.4 is 4.74 Å². The maximum Gasteiger partial charge on any atom is 0.231 e. The van der Waals surface area contributed by atoms with Crippen molar-refractivity contribution in [3.8, 4) is 5.75 Å². The average molecular weight is 310 g/mol. The van der Waals surface area contributed by atoms with Crippen LogP contribution in [0.4, 0.5) is 0 Å². The maximum absolute atomic E-state index is 5.65. The Hall–Kier alpha value is -2.63. The smallest absolute Gasteiger partial charge is 0.231 e. The molecule has 2 aromatic heterocycles. The van der Waals surface area contributed by atoms with Crippen molar-refractivity contribution in [2.24, 2.45) is 0 Å². The van der Waals surface area contributed by atoms with E-state index >= 15 is 0 Å². The summed E-state index contributed by atoms with van der Waals surface area (Å²) in [6.45, 7) is 2.83. The number of hydrogen-bond donors (Lipinski definition) is 0. The second kappa shape index (κ2) is 5.87. The quantitative estimate of drug-likeness (QED) is 0.741. The summed E-state index contributed by atoms with van der Waals surface area (Å²) in [5.41, 5.74) is 2.43. The molecule has 3 aromatic rings. The monoisotopic (exact) mass is 310 g/mol. The summed E-state index contributed by atoms with van der Waals surface area (Å²) in [5, 5.41) is 4.10. The Morgan fingerprint density at radius 2 is 2.30 bits per heavy atom. The Balaban J connectivity index is 1.51. The summed E-state index contributed by atoms with van der Waals surface area (Å²) >= 11 is 0. The minimum Gasteiger partial charge on any atom is -0.493 e. The van der Waals surface area contributed by atoms with Crippen LogP contribution in [0.25, 0.3) is 0 Å². The summed E-state index contributed by atoms with van der Waals surface area (Å²) in [6, 6.07) is 6.28. The molecule has 0 spiro atoms. The number of nitrogens with zero attached hydrogens (tertiary/aromatic N) is 4. The number of aromatic nitrogens is 4. The Morgan fingerprint density at radius 3 is 3.17 bits per heavy atom. The Bertz CT molecular complexity index is 795. The highest BCUT2D eigenvalue weighted by molar-refractivity contribution is 5.39. The summed E-state index contributed by atoms with van der Waals surface area (Å²) in [7, 11) is 0. The predicted molar refractivity (Wildman–Crippen MR) is 83.4 cm³/mol. The van der Waals surface area contributed by atoms with Crippen LogP contribution in [0.1, 0.15) is 42.2 Å². The van der Waals surface area contributed by atoms with Gasteiger partial charge in [0.05, 0.1) is 25.4 Å². The van der Waals surface area contributed by atoms with Crippen LogP contribution in [-0.4, -0.2) is 26.3 Å². The molecular formula is C17H18N4O2. The van der Waals surface area contributed by atoms with Crippen molar-refractivity contribution in [1.29, 1.82) is 0 Å². The first-order valence-corrected chi connectivity index (χ1v) is 7.84. The van der Waals surface area contributed by atoms with Gasteiger partial charge >= 0.3 is 0 Å². The van der Waals surface area contributed by atoms with Crippen molar-refractivity contribution in [1.82, 2.24) is 19.7 Å². The number of imidazole rings is 1. The number of rotatable bonds is 4. The molecule has 118 valence electrons. The Morgan fingerprint density at radius 1 is 1.35 bits per heavy atom. The molecule has 6 heteroatoms. The van der Waals surface area contributed by atoms with Crippen LogP contribution in [0.3, 0.4) is 0 Å². The molecule has 3 heterocycles. The van der Waals surface area contributed by atoms with Crippen LogP contribution in [-0.2, 0) is 12.8 Å². The van der Waals surface area contributed by atoms with Crippen molar-refractivity contribution in [2.45, 2.75) is 32.2 Å². The van der Waals surface area contributed by atoms with Crippen LogP contribution >= 0.6 is 0 Å². The van der Waals surface area contributed by atoms with E-state index in [2.05, 4.69) is 27.3 Å². The first-order valence-electron chi connectivity index (χ1n) is 7.84. The van der Waals surface area contributed by atoms with Gasteiger partial charge in [-0.2, -0.15) is 4.98 Å². The molecule has 0 N–H and O–H groups in total. The fraction of sp³-hybridized carbons (Fsp3) is 0.353. The van der Waals surface area contributed by atoms with Gasteiger partial charge in [0.2, 0.25) is 5.89 Å². The van der Waals surface area contributed by atoms with Gasteiger partial charge in [0.1, 0.15) is 5.75 Å². The van der Waals surface area contributed by atoms with Gasteiger partial charge in [-0.05, 0) is 37.0 Å². The van der Waals surface area contributed by atoms with Gasteiger partial charge in [-0.25, -0.2) is 4.98 Å². The van der Waals surface area contributed by atoms with Gasteiger partial charge in [-0.1, -0.05) is 17.3 Å². The normalized spacial score (nSPS) is 15.0. The summed E-state index contributed by atoms with van der Waals surface area (Å²) in [5.74, 6) is 2.29. The minimum atomic E-state index is 0.00642. The lowest BCUT2D eigenvalue weighted by Crippen LogP contribution is -2.08. The van der Waals surface area contributed by atoms with E-state index in [1.165, 1.54) is 11.1 Å². The molecular weight excluding hydrogens is 292 g/mol. The number of fused-ring (bicyclic) bond motifs is 1. The van der Waals surface area contributed by atoms with Gasteiger partial charge in [0, 0.05) is 12.4 Å². The van der Waals surface area contributed by atoms with Gasteiger partial charge in [0.25, 0.3) is 0 Å². The van der Waals surface area contributed by atoms with E-state index in [1.54, 1.807) is 12.5 Å². The topological polar surface area (TPSA) is 66.0 Å². The average Bonchev–Trinajstić information content (AvgIpc) is 3.26. The van der Waals surface area contributed by atoms with Crippen molar-refractivity contribution < 1.29 is 9.26 Å². The third-order valence-electron chi connectivity index (χ3n) is 4.16. The molecule has 0 fully saturated rings. The molecule has 0 amide bonds. The van der Waals surface area contributed by atoms with Gasteiger partial charge in [0.15, 0.2) is 5.82 Å². The molecule has 1 aliphatic heterocycles. The van der Waals surface area contributed by atoms with Crippen LogP contribution in [0.2, 0.25) is 0 Å². The molecule has 1 aliphatic rings. The molecule has 1 aromatic carbocycles. The van der Waals surface area contributed by atoms with E-state index in [0.29, 0.717) is 18.1 Å². The molecule has 6 nitrogen and oxygen atoms in total. The first kappa shape index (κ1) is 14.0. The molecule has 0 bridgehead atoms. The number of aryl methyl sites for hydroxylation is 1. The van der Waals surface area contributed by atoms with E-state index < -0.39 is 0 Å². The standard InChI is InChI=1S/C17H18N4O2/c1-12(21-7-6-18-11-21)17-19-16(23-20-17)10-13-4-5-15-14(9-13)3-2-8-22-15/h4-7,9,11-12H,2-3,8,10H2,1H3. The summed E-state index contributed by atoms with van der Waals surface area (Å²) < 4.78 is 13.0. The third kappa shape index (κ3) is 2.84. The minimum absolute atomic E-state index is 0.00642. The fourth-order valence-corrected chi connectivity index (χ4v) is 2.84.